The number of nitrogens with one attached hydrogen (secondary N) is 1. The van der Waals surface area contributed by atoms with Gasteiger partial charge in [-0.3, -0.25) is 4.79 Å². The molecule has 0 aromatic rings. The van der Waals surface area contributed by atoms with Crippen molar-refractivity contribution < 1.29 is 9.53 Å². The molecule has 2 saturated heterocycles. The molecule has 4 heteroatoms. The molecule has 1 amide bonds. The molecular formula is C13H24N2O2. The number of nitrogens with zero attached hydrogens (tertiary/aromatic N) is 1. The lowest BCUT2D eigenvalue weighted by Gasteiger charge is -2.34. The lowest BCUT2D eigenvalue weighted by atomic mass is 10.0. The molecule has 0 aliphatic carbocycles. The molecule has 98 valence electrons. The van der Waals surface area contributed by atoms with Crippen LogP contribution in [0.1, 0.15) is 39.5 Å². The van der Waals surface area contributed by atoms with E-state index in [1.807, 2.05) is 4.90 Å². The third kappa shape index (κ3) is 3.42. The van der Waals surface area contributed by atoms with Crippen molar-refractivity contribution >= 4 is 5.91 Å². The Morgan fingerprint density at radius 2 is 2.06 bits per heavy atom. The zero-order valence-corrected chi connectivity index (χ0v) is 10.9. The molecule has 2 aliphatic heterocycles. The SMILES string of the molecule is CC(=O)N1CCC(NC(C)C2CCCO2)CC1. The summed E-state index contributed by atoms with van der Waals surface area (Å²) in [5.41, 5.74) is 0. The van der Waals surface area contributed by atoms with Gasteiger partial charge in [-0.05, 0) is 32.6 Å². The van der Waals surface area contributed by atoms with Crippen molar-refractivity contribution in [1.29, 1.82) is 0 Å². The first-order valence-corrected chi connectivity index (χ1v) is 6.80. The molecule has 1 N–H and O–H groups in total. The second kappa shape index (κ2) is 5.83. The molecule has 2 rings (SSSR count). The van der Waals surface area contributed by atoms with Crippen LogP contribution in [0.3, 0.4) is 0 Å². The predicted octanol–water partition coefficient (Wildman–Crippen LogP) is 1.15. The Labute approximate surface area is 104 Å². The summed E-state index contributed by atoms with van der Waals surface area (Å²) < 4.78 is 5.69. The van der Waals surface area contributed by atoms with E-state index < -0.39 is 0 Å². The van der Waals surface area contributed by atoms with Gasteiger partial charge in [0.15, 0.2) is 0 Å². The van der Waals surface area contributed by atoms with Gasteiger partial charge in [0.2, 0.25) is 5.91 Å². The molecule has 2 unspecified atom stereocenters. The fourth-order valence-corrected chi connectivity index (χ4v) is 2.84. The largest absolute Gasteiger partial charge is 0.377 e. The fraction of sp³-hybridized carbons (Fsp3) is 0.923. The standard InChI is InChI=1S/C13H24N2O2/c1-10(13-4-3-9-17-13)14-12-5-7-15(8-6-12)11(2)16/h10,12-14H,3-9H2,1-2H3. The summed E-state index contributed by atoms with van der Waals surface area (Å²) in [5.74, 6) is 0.204. The van der Waals surface area contributed by atoms with Gasteiger partial charge in [0, 0.05) is 38.7 Å². The average molecular weight is 240 g/mol. The van der Waals surface area contributed by atoms with Crippen molar-refractivity contribution in [3.8, 4) is 0 Å². The number of ether oxygens (including phenoxy) is 1. The van der Waals surface area contributed by atoms with Crippen LogP contribution in [0.4, 0.5) is 0 Å². The summed E-state index contributed by atoms with van der Waals surface area (Å²) in [7, 11) is 0. The van der Waals surface area contributed by atoms with Gasteiger partial charge in [-0.2, -0.15) is 0 Å². The Morgan fingerprint density at radius 1 is 1.35 bits per heavy atom. The van der Waals surface area contributed by atoms with E-state index in [0.717, 1.165) is 32.5 Å². The molecule has 0 spiro atoms. The predicted molar refractivity (Wildman–Crippen MR) is 66.8 cm³/mol. The molecule has 0 bridgehead atoms. The minimum absolute atomic E-state index is 0.204. The molecule has 0 aromatic carbocycles. The highest BCUT2D eigenvalue weighted by molar-refractivity contribution is 5.73. The van der Waals surface area contributed by atoms with E-state index in [1.165, 1.54) is 12.8 Å². The van der Waals surface area contributed by atoms with Crippen LogP contribution in [0.15, 0.2) is 0 Å². The first-order valence-electron chi connectivity index (χ1n) is 6.80. The van der Waals surface area contributed by atoms with Crippen molar-refractivity contribution in [3.05, 3.63) is 0 Å². The van der Waals surface area contributed by atoms with Crippen LogP contribution in [-0.2, 0) is 9.53 Å². The highest BCUT2D eigenvalue weighted by atomic mass is 16.5. The van der Waals surface area contributed by atoms with Gasteiger partial charge in [-0.1, -0.05) is 0 Å². The van der Waals surface area contributed by atoms with Gasteiger partial charge in [0.25, 0.3) is 0 Å². The maximum atomic E-state index is 11.2. The molecule has 2 heterocycles. The number of rotatable bonds is 3. The summed E-state index contributed by atoms with van der Waals surface area (Å²) in [5, 5.41) is 3.66. The van der Waals surface area contributed by atoms with E-state index in [9.17, 15) is 4.79 Å². The lowest BCUT2D eigenvalue weighted by Crippen LogP contribution is -2.49. The lowest BCUT2D eigenvalue weighted by molar-refractivity contribution is -0.129. The quantitative estimate of drug-likeness (QED) is 0.804. The second-order valence-corrected chi connectivity index (χ2v) is 5.29. The Kier molecular flexibility index (Phi) is 4.40. The Bertz CT molecular complexity index is 256. The number of carbonyl (C=O) groups is 1. The number of carbonyl (C=O) groups excluding carboxylic acids is 1. The van der Waals surface area contributed by atoms with Crippen LogP contribution in [-0.4, -0.2) is 48.7 Å². The normalized spacial score (nSPS) is 28.4. The molecule has 2 fully saturated rings. The minimum atomic E-state index is 0.204. The molecule has 2 atom stereocenters. The van der Waals surface area contributed by atoms with E-state index >= 15 is 0 Å². The van der Waals surface area contributed by atoms with Crippen LogP contribution in [0, 0.1) is 0 Å². The molecule has 4 nitrogen and oxygen atoms in total. The molecule has 0 aromatic heterocycles. The zero-order chi connectivity index (χ0) is 12.3. The number of amides is 1. The van der Waals surface area contributed by atoms with E-state index in [1.54, 1.807) is 6.92 Å². The Morgan fingerprint density at radius 3 is 2.59 bits per heavy atom. The van der Waals surface area contributed by atoms with Crippen molar-refractivity contribution in [2.75, 3.05) is 19.7 Å². The third-order valence-corrected chi connectivity index (χ3v) is 3.96. The van der Waals surface area contributed by atoms with Crippen LogP contribution < -0.4 is 5.32 Å². The van der Waals surface area contributed by atoms with Gasteiger partial charge in [0.1, 0.15) is 0 Å². The molecule has 0 saturated carbocycles. The van der Waals surface area contributed by atoms with Gasteiger partial charge in [-0.25, -0.2) is 0 Å². The molecule has 0 radical (unpaired) electrons. The van der Waals surface area contributed by atoms with Crippen molar-refractivity contribution in [3.63, 3.8) is 0 Å². The maximum absolute atomic E-state index is 11.2. The van der Waals surface area contributed by atoms with Gasteiger partial charge in [0.05, 0.1) is 6.10 Å². The smallest absolute Gasteiger partial charge is 0.219 e. The minimum Gasteiger partial charge on any atom is -0.377 e. The summed E-state index contributed by atoms with van der Waals surface area (Å²) in [4.78, 5) is 13.2. The summed E-state index contributed by atoms with van der Waals surface area (Å²) in [6.07, 6.45) is 4.90. The van der Waals surface area contributed by atoms with Gasteiger partial charge < -0.3 is 15.0 Å². The Balaban J connectivity index is 1.72. The first-order chi connectivity index (χ1) is 8.16. The average Bonchev–Trinajstić information content (AvgIpc) is 2.83. The van der Waals surface area contributed by atoms with E-state index in [4.69, 9.17) is 4.74 Å². The topological polar surface area (TPSA) is 41.6 Å². The number of hydrogen-bond acceptors (Lipinski definition) is 3. The summed E-state index contributed by atoms with van der Waals surface area (Å²) in [6, 6.07) is 0.983. The van der Waals surface area contributed by atoms with Crippen molar-refractivity contribution in [1.82, 2.24) is 10.2 Å². The Hall–Kier alpha value is -0.610. The van der Waals surface area contributed by atoms with Gasteiger partial charge >= 0.3 is 0 Å². The van der Waals surface area contributed by atoms with Crippen LogP contribution in [0.5, 0.6) is 0 Å². The highest BCUT2D eigenvalue weighted by Crippen LogP contribution is 2.18. The van der Waals surface area contributed by atoms with Crippen molar-refractivity contribution in [2.45, 2.75) is 57.7 Å². The van der Waals surface area contributed by atoms with E-state index in [0.29, 0.717) is 18.2 Å². The van der Waals surface area contributed by atoms with Crippen LogP contribution in [0.2, 0.25) is 0 Å². The zero-order valence-electron chi connectivity index (χ0n) is 10.9. The van der Waals surface area contributed by atoms with Crippen LogP contribution >= 0.6 is 0 Å². The number of likely N-dealkylation sites (tertiary alicyclic amines) is 1. The third-order valence-electron chi connectivity index (χ3n) is 3.96. The fourth-order valence-electron chi connectivity index (χ4n) is 2.84. The van der Waals surface area contributed by atoms with Crippen LogP contribution in [0.25, 0.3) is 0 Å². The maximum Gasteiger partial charge on any atom is 0.219 e. The summed E-state index contributed by atoms with van der Waals surface area (Å²) >= 11 is 0. The molecule has 17 heavy (non-hydrogen) atoms. The van der Waals surface area contributed by atoms with Gasteiger partial charge in [-0.15, -0.1) is 0 Å². The number of hydrogen-bond donors (Lipinski definition) is 1. The first kappa shape index (κ1) is 12.8. The number of piperidine rings is 1. The van der Waals surface area contributed by atoms with Crippen molar-refractivity contribution in [2.24, 2.45) is 0 Å². The summed E-state index contributed by atoms with van der Waals surface area (Å²) in [6.45, 7) is 6.58. The second-order valence-electron chi connectivity index (χ2n) is 5.29. The monoisotopic (exact) mass is 240 g/mol. The van der Waals surface area contributed by atoms with E-state index in [2.05, 4.69) is 12.2 Å². The van der Waals surface area contributed by atoms with E-state index in [-0.39, 0.29) is 5.91 Å². The molecular weight excluding hydrogens is 216 g/mol. The highest BCUT2D eigenvalue weighted by Gasteiger charge is 2.26. The molecule has 2 aliphatic rings.